The lowest BCUT2D eigenvalue weighted by atomic mass is 10.6. The van der Waals surface area contributed by atoms with Gasteiger partial charge in [-0.1, -0.05) is 0 Å². The number of carbonyl (C=O) groups excluding carboxylic acids is 1. The molecular formula is C5H11O4P. The van der Waals surface area contributed by atoms with Crippen molar-refractivity contribution in [2.45, 2.75) is 6.42 Å². The first kappa shape index (κ1) is 9.82. The molecule has 60 valence electrons. The molecule has 0 heterocycles. The van der Waals surface area contributed by atoms with Gasteiger partial charge >= 0.3 is 7.60 Å². The number of rotatable bonds is 5. The molecule has 5 heteroatoms. The quantitative estimate of drug-likeness (QED) is 0.452. The SMILES string of the molecule is COP(=O)(CCC=O)OC. The maximum Gasteiger partial charge on any atom is 0.330 e. The summed E-state index contributed by atoms with van der Waals surface area (Å²) < 4.78 is 20.2. The maximum absolute atomic E-state index is 11.1. The highest BCUT2D eigenvalue weighted by Crippen LogP contribution is 2.46. The molecule has 0 saturated carbocycles. The molecule has 0 aromatic carbocycles. The van der Waals surface area contributed by atoms with Crippen LogP contribution >= 0.6 is 7.60 Å². The van der Waals surface area contributed by atoms with E-state index in [1.807, 2.05) is 0 Å². The monoisotopic (exact) mass is 166 g/mol. The minimum absolute atomic E-state index is 0.156. The molecule has 0 rings (SSSR count). The molecule has 0 fully saturated rings. The summed E-state index contributed by atoms with van der Waals surface area (Å²) in [6.45, 7) is 0. The first-order valence-electron chi connectivity index (χ1n) is 2.82. The Labute approximate surface area is 60.1 Å². The molecule has 0 aromatic rings. The van der Waals surface area contributed by atoms with Crippen LogP contribution in [-0.2, 0) is 18.4 Å². The van der Waals surface area contributed by atoms with Crippen LogP contribution in [0, 0.1) is 0 Å². The summed E-state index contributed by atoms with van der Waals surface area (Å²) in [6, 6.07) is 0. The van der Waals surface area contributed by atoms with Crippen molar-refractivity contribution in [3.8, 4) is 0 Å². The van der Waals surface area contributed by atoms with E-state index < -0.39 is 7.60 Å². The van der Waals surface area contributed by atoms with Gasteiger partial charge in [0.2, 0.25) is 0 Å². The molecule has 0 N–H and O–H groups in total. The van der Waals surface area contributed by atoms with Crippen molar-refractivity contribution in [2.24, 2.45) is 0 Å². The van der Waals surface area contributed by atoms with E-state index in [0.717, 1.165) is 0 Å². The summed E-state index contributed by atoms with van der Waals surface area (Å²) in [4.78, 5) is 9.85. The van der Waals surface area contributed by atoms with E-state index >= 15 is 0 Å². The molecule has 0 bridgehead atoms. The normalized spacial score (nSPS) is 11.4. The zero-order valence-corrected chi connectivity index (χ0v) is 6.97. The van der Waals surface area contributed by atoms with E-state index in [1.54, 1.807) is 0 Å². The van der Waals surface area contributed by atoms with E-state index in [0.29, 0.717) is 6.29 Å². The average molecular weight is 166 g/mol. The van der Waals surface area contributed by atoms with Gasteiger partial charge in [-0.25, -0.2) is 0 Å². The fraction of sp³-hybridized carbons (Fsp3) is 0.800. The van der Waals surface area contributed by atoms with E-state index in [4.69, 9.17) is 0 Å². The molecule has 10 heavy (non-hydrogen) atoms. The molecule has 0 amide bonds. The second-order valence-electron chi connectivity index (χ2n) is 1.66. The Hall–Kier alpha value is -0.180. The lowest BCUT2D eigenvalue weighted by Crippen LogP contribution is -1.94. The molecule has 4 nitrogen and oxygen atoms in total. The maximum atomic E-state index is 11.1. The lowest BCUT2D eigenvalue weighted by Gasteiger charge is -2.10. The molecule has 0 spiro atoms. The Morgan fingerprint density at radius 2 is 1.90 bits per heavy atom. The minimum atomic E-state index is -2.93. The molecule has 0 saturated heterocycles. The summed E-state index contributed by atoms with van der Waals surface area (Å²) >= 11 is 0. The van der Waals surface area contributed by atoms with Crippen LogP contribution in [0.5, 0.6) is 0 Å². The van der Waals surface area contributed by atoms with Gasteiger partial charge in [-0.15, -0.1) is 0 Å². The summed E-state index contributed by atoms with van der Waals surface area (Å²) in [5, 5.41) is 0. The van der Waals surface area contributed by atoms with Crippen molar-refractivity contribution < 1.29 is 18.4 Å². The van der Waals surface area contributed by atoms with Crippen LogP contribution < -0.4 is 0 Å². The Kier molecular flexibility index (Phi) is 4.52. The van der Waals surface area contributed by atoms with Crippen molar-refractivity contribution in [1.82, 2.24) is 0 Å². The summed E-state index contributed by atoms with van der Waals surface area (Å²) in [5.41, 5.74) is 0. The van der Waals surface area contributed by atoms with E-state index in [1.165, 1.54) is 14.2 Å². The second kappa shape index (κ2) is 4.61. The van der Waals surface area contributed by atoms with Crippen LogP contribution in [0.2, 0.25) is 0 Å². The zero-order chi connectivity index (χ0) is 8.04. The first-order chi connectivity index (χ1) is 4.68. The number of aldehydes is 1. The van der Waals surface area contributed by atoms with Gasteiger partial charge in [-0.2, -0.15) is 0 Å². The van der Waals surface area contributed by atoms with Crippen LogP contribution in [0.25, 0.3) is 0 Å². The minimum Gasteiger partial charge on any atom is -0.312 e. The smallest absolute Gasteiger partial charge is 0.312 e. The van der Waals surface area contributed by atoms with Gasteiger partial charge in [0.25, 0.3) is 0 Å². The van der Waals surface area contributed by atoms with Crippen LogP contribution in [0.3, 0.4) is 0 Å². The van der Waals surface area contributed by atoms with Crippen molar-refractivity contribution in [1.29, 1.82) is 0 Å². The van der Waals surface area contributed by atoms with E-state index in [2.05, 4.69) is 9.05 Å². The Morgan fingerprint density at radius 1 is 1.40 bits per heavy atom. The molecule has 0 unspecified atom stereocenters. The highest BCUT2D eigenvalue weighted by molar-refractivity contribution is 7.53. The fourth-order valence-electron chi connectivity index (χ4n) is 0.468. The summed E-state index contributed by atoms with van der Waals surface area (Å²) in [5.74, 6) is 0. The van der Waals surface area contributed by atoms with Crippen LogP contribution in [0.4, 0.5) is 0 Å². The average Bonchev–Trinajstić information content (AvgIpc) is 2.00. The van der Waals surface area contributed by atoms with Gasteiger partial charge in [-0.3, -0.25) is 4.57 Å². The third-order valence-electron chi connectivity index (χ3n) is 1.08. The van der Waals surface area contributed by atoms with Crippen molar-refractivity contribution >= 4 is 13.9 Å². The van der Waals surface area contributed by atoms with Gasteiger partial charge in [0.1, 0.15) is 6.29 Å². The lowest BCUT2D eigenvalue weighted by molar-refractivity contribution is -0.107. The first-order valence-corrected chi connectivity index (χ1v) is 4.55. The van der Waals surface area contributed by atoms with Gasteiger partial charge < -0.3 is 13.8 Å². The fourth-order valence-corrected chi connectivity index (χ4v) is 1.40. The van der Waals surface area contributed by atoms with Crippen molar-refractivity contribution in [3.63, 3.8) is 0 Å². The largest absolute Gasteiger partial charge is 0.330 e. The molecule has 0 atom stereocenters. The van der Waals surface area contributed by atoms with Crippen molar-refractivity contribution in [3.05, 3.63) is 0 Å². The topological polar surface area (TPSA) is 52.6 Å². The van der Waals surface area contributed by atoms with Gasteiger partial charge in [0.15, 0.2) is 0 Å². The molecule has 0 aliphatic heterocycles. The van der Waals surface area contributed by atoms with Crippen LogP contribution in [-0.4, -0.2) is 26.7 Å². The van der Waals surface area contributed by atoms with Crippen molar-refractivity contribution in [2.75, 3.05) is 20.4 Å². The summed E-state index contributed by atoms with van der Waals surface area (Å²) in [6.07, 6.45) is 1.05. The number of hydrogen-bond acceptors (Lipinski definition) is 4. The third kappa shape index (κ3) is 3.11. The summed E-state index contributed by atoms with van der Waals surface area (Å²) in [7, 11) is -0.328. The predicted molar refractivity (Wildman–Crippen MR) is 37.2 cm³/mol. The standard InChI is InChI=1S/C5H11O4P/c1-8-10(7,9-2)5-3-4-6/h4H,3,5H2,1-2H3. The molecule has 0 radical (unpaired) electrons. The Balaban J connectivity index is 3.81. The second-order valence-corrected chi connectivity index (χ2v) is 4.05. The van der Waals surface area contributed by atoms with Crippen LogP contribution in [0.15, 0.2) is 0 Å². The van der Waals surface area contributed by atoms with Gasteiger partial charge in [0, 0.05) is 20.6 Å². The number of carbonyl (C=O) groups is 1. The van der Waals surface area contributed by atoms with Crippen LogP contribution in [0.1, 0.15) is 6.42 Å². The molecule has 0 aliphatic carbocycles. The van der Waals surface area contributed by atoms with E-state index in [9.17, 15) is 9.36 Å². The third-order valence-corrected chi connectivity index (χ3v) is 3.00. The Bertz CT molecular complexity index is 137. The molecule has 0 aromatic heterocycles. The zero-order valence-electron chi connectivity index (χ0n) is 6.07. The van der Waals surface area contributed by atoms with Gasteiger partial charge in [-0.05, 0) is 0 Å². The van der Waals surface area contributed by atoms with Gasteiger partial charge in [0.05, 0.1) is 6.16 Å². The Morgan fingerprint density at radius 3 is 2.20 bits per heavy atom. The van der Waals surface area contributed by atoms with E-state index in [-0.39, 0.29) is 12.6 Å². The highest BCUT2D eigenvalue weighted by Gasteiger charge is 2.19. The number of hydrogen-bond donors (Lipinski definition) is 0. The molecule has 0 aliphatic rings. The molecular weight excluding hydrogens is 155 g/mol. The predicted octanol–water partition coefficient (Wildman–Crippen LogP) is 1.06. The highest BCUT2D eigenvalue weighted by atomic mass is 31.2.